The maximum Gasteiger partial charge on any atom is 0.472 e. The fourth-order valence-corrected chi connectivity index (χ4v) is 5.79. The second kappa shape index (κ2) is 21.9. The maximum absolute atomic E-state index is 12.1. The van der Waals surface area contributed by atoms with Gasteiger partial charge in [0.2, 0.25) is 0 Å². The molecule has 0 aromatic rings. The van der Waals surface area contributed by atoms with Crippen molar-refractivity contribution in [3.8, 4) is 0 Å². The van der Waals surface area contributed by atoms with Crippen molar-refractivity contribution in [1.29, 1.82) is 0 Å². The Balaban J connectivity index is 2.04. The summed E-state index contributed by atoms with van der Waals surface area (Å²) in [4.78, 5) is 21.7. The highest BCUT2D eigenvalue weighted by molar-refractivity contribution is 7.47. The summed E-state index contributed by atoms with van der Waals surface area (Å²) in [6, 6.07) is 0. The van der Waals surface area contributed by atoms with Crippen molar-refractivity contribution in [2.75, 3.05) is 13.2 Å². The molecule has 0 amide bonds. The molecule has 0 radical (unpaired) electrons. The monoisotopic (exact) mass is 614 g/mol. The van der Waals surface area contributed by atoms with E-state index in [0.717, 1.165) is 19.3 Å². The van der Waals surface area contributed by atoms with Crippen LogP contribution in [0.3, 0.4) is 0 Å². The molecular weight excluding hydrogens is 559 g/mol. The molecule has 1 aliphatic carbocycles. The highest BCUT2D eigenvalue weighted by Gasteiger charge is 2.51. The number of carbonyl (C=O) groups excluding carboxylic acids is 1. The predicted octanol–water partition coefficient (Wildman–Crippen LogP) is 2.86. The van der Waals surface area contributed by atoms with E-state index in [1.54, 1.807) is 0 Å². The molecule has 0 aliphatic heterocycles. The number of unbranched alkanes of at least 4 members (excludes halogenated alkanes) is 15. The fraction of sp³-hybridized carbons (Fsp3) is 0.964. The number of carbonyl (C=O) groups is 1. The minimum Gasteiger partial charge on any atom is -0.463 e. The molecule has 1 fully saturated rings. The summed E-state index contributed by atoms with van der Waals surface area (Å²) in [6.45, 7) is 0.995. The average molecular weight is 615 g/mol. The molecule has 7 N–H and O–H groups in total. The van der Waals surface area contributed by atoms with Crippen molar-refractivity contribution in [2.24, 2.45) is 0 Å². The number of ether oxygens (including phenoxy) is 1. The second-order valence-electron chi connectivity index (χ2n) is 11.2. The predicted molar refractivity (Wildman–Crippen MR) is 152 cm³/mol. The third-order valence-corrected chi connectivity index (χ3v) is 8.41. The lowest BCUT2D eigenvalue weighted by Gasteiger charge is -2.41. The zero-order valence-corrected chi connectivity index (χ0v) is 25.5. The first-order chi connectivity index (χ1) is 19.5. The molecule has 12 nitrogen and oxygen atoms in total. The first-order valence-corrected chi connectivity index (χ1v) is 16.9. The van der Waals surface area contributed by atoms with E-state index in [-0.39, 0.29) is 6.42 Å². The molecule has 41 heavy (non-hydrogen) atoms. The summed E-state index contributed by atoms with van der Waals surface area (Å²) in [7, 11) is -4.98. The van der Waals surface area contributed by atoms with Gasteiger partial charge in [-0.15, -0.1) is 0 Å². The number of rotatable bonds is 24. The maximum atomic E-state index is 12.1. The second-order valence-corrected chi connectivity index (χ2v) is 12.6. The van der Waals surface area contributed by atoms with Crippen molar-refractivity contribution >= 4 is 13.8 Å². The number of hydrogen-bond acceptors (Lipinski definition) is 11. The van der Waals surface area contributed by atoms with E-state index < -0.39 is 69.7 Å². The lowest BCUT2D eigenvalue weighted by Crippen LogP contribution is -2.64. The van der Waals surface area contributed by atoms with Crippen molar-refractivity contribution in [3.63, 3.8) is 0 Å². The van der Waals surface area contributed by atoms with Gasteiger partial charge in [-0.1, -0.05) is 103 Å². The smallest absolute Gasteiger partial charge is 0.463 e. The number of aliphatic hydroxyl groups is 6. The van der Waals surface area contributed by atoms with E-state index in [0.29, 0.717) is 6.42 Å². The fourth-order valence-electron chi connectivity index (χ4n) is 4.81. The Morgan fingerprint density at radius 3 is 1.49 bits per heavy atom. The molecule has 1 aliphatic rings. The van der Waals surface area contributed by atoms with Gasteiger partial charge in [0.25, 0.3) is 0 Å². The van der Waals surface area contributed by atoms with Crippen LogP contribution in [0.15, 0.2) is 0 Å². The molecule has 0 aromatic heterocycles. The Bertz CT molecular complexity index is 710. The zero-order chi connectivity index (χ0) is 30.7. The average Bonchev–Trinajstić information content (AvgIpc) is 2.95. The minimum absolute atomic E-state index is 0.196. The van der Waals surface area contributed by atoms with Gasteiger partial charge in [0, 0.05) is 6.42 Å². The number of phosphoric ester groups is 1. The van der Waals surface area contributed by atoms with Crippen LogP contribution < -0.4 is 0 Å². The van der Waals surface area contributed by atoms with Crippen LogP contribution in [-0.2, 0) is 23.1 Å². The van der Waals surface area contributed by atoms with Gasteiger partial charge in [0.1, 0.15) is 49.3 Å². The number of hydrogen-bond donors (Lipinski definition) is 7. The normalized spacial score (nSPS) is 26.9. The van der Waals surface area contributed by atoms with Crippen LogP contribution in [0.2, 0.25) is 0 Å². The van der Waals surface area contributed by atoms with Crippen LogP contribution in [0, 0.1) is 0 Å². The number of esters is 1. The largest absolute Gasteiger partial charge is 0.472 e. The van der Waals surface area contributed by atoms with Crippen molar-refractivity contribution in [1.82, 2.24) is 0 Å². The van der Waals surface area contributed by atoms with E-state index in [1.165, 1.54) is 77.0 Å². The molecule has 0 aromatic carbocycles. The van der Waals surface area contributed by atoms with E-state index >= 15 is 0 Å². The summed E-state index contributed by atoms with van der Waals surface area (Å²) >= 11 is 0. The third kappa shape index (κ3) is 16.7. The van der Waals surface area contributed by atoms with Gasteiger partial charge < -0.3 is 40.3 Å². The molecule has 0 heterocycles. The third-order valence-electron chi connectivity index (χ3n) is 7.43. The van der Waals surface area contributed by atoms with Gasteiger partial charge in [0.05, 0.1) is 6.61 Å². The summed E-state index contributed by atoms with van der Waals surface area (Å²) in [5.74, 6) is -0.507. The van der Waals surface area contributed by atoms with Gasteiger partial charge in [-0.3, -0.25) is 13.8 Å². The first kappa shape index (κ1) is 38.4. The molecule has 0 spiro atoms. The summed E-state index contributed by atoms with van der Waals surface area (Å²) in [6.07, 6.45) is 6.65. The van der Waals surface area contributed by atoms with Crippen LogP contribution in [0.4, 0.5) is 0 Å². The molecule has 13 heteroatoms. The van der Waals surface area contributed by atoms with Crippen LogP contribution in [0.5, 0.6) is 0 Å². The van der Waals surface area contributed by atoms with Crippen molar-refractivity contribution in [3.05, 3.63) is 0 Å². The minimum atomic E-state index is -4.98. The van der Waals surface area contributed by atoms with Gasteiger partial charge >= 0.3 is 13.8 Å². The van der Waals surface area contributed by atoms with Gasteiger partial charge in [-0.05, 0) is 6.42 Å². The Labute approximate surface area is 244 Å². The molecule has 1 saturated carbocycles. The zero-order valence-electron chi connectivity index (χ0n) is 24.6. The molecule has 244 valence electrons. The molecular formula is C28H55O12P. The standard InChI is InChI=1S/C28H55O12P/c1-2-3-4-5-6-7-8-9-10-11-12-13-14-15-16-17-18-22(30)38-19-21(29)20-39-41(36,37)40-28-26(34)24(32)23(31)25(33)27(28)35/h21,23-29,31-35H,2-20H2,1H3,(H,36,37)/t21-,23?,24-,25?,26?,27?,28?/m1/s1. The van der Waals surface area contributed by atoms with Crippen LogP contribution in [-0.4, -0.2) is 97.4 Å². The molecule has 6 unspecified atom stereocenters. The molecule has 0 bridgehead atoms. The Hall–Kier alpha value is -0.660. The molecule has 0 saturated heterocycles. The highest BCUT2D eigenvalue weighted by Crippen LogP contribution is 2.47. The highest BCUT2D eigenvalue weighted by atomic mass is 31.2. The molecule has 8 atom stereocenters. The number of aliphatic hydroxyl groups excluding tert-OH is 6. The van der Waals surface area contributed by atoms with Crippen molar-refractivity contribution in [2.45, 2.75) is 159 Å². The van der Waals surface area contributed by atoms with Crippen LogP contribution in [0.1, 0.15) is 116 Å². The van der Waals surface area contributed by atoms with Gasteiger partial charge in [0.15, 0.2) is 0 Å². The Morgan fingerprint density at radius 1 is 0.659 bits per heavy atom. The first-order valence-electron chi connectivity index (χ1n) is 15.4. The van der Waals surface area contributed by atoms with E-state index in [4.69, 9.17) is 4.74 Å². The van der Waals surface area contributed by atoms with Crippen molar-refractivity contribution < 1.29 is 58.7 Å². The lowest BCUT2D eigenvalue weighted by atomic mass is 9.85. The Morgan fingerprint density at radius 2 is 1.05 bits per heavy atom. The van der Waals surface area contributed by atoms with Gasteiger partial charge in [-0.25, -0.2) is 4.57 Å². The van der Waals surface area contributed by atoms with Crippen LogP contribution in [0.25, 0.3) is 0 Å². The topological polar surface area (TPSA) is 203 Å². The van der Waals surface area contributed by atoms with E-state index in [2.05, 4.69) is 16.0 Å². The van der Waals surface area contributed by atoms with Gasteiger partial charge in [-0.2, -0.15) is 0 Å². The van der Waals surface area contributed by atoms with E-state index in [1.807, 2.05) is 0 Å². The lowest BCUT2D eigenvalue weighted by molar-refractivity contribution is -0.220. The summed E-state index contributed by atoms with van der Waals surface area (Å²) in [5.41, 5.74) is 0. The summed E-state index contributed by atoms with van der Waals surface area (Å²) in [5, 5.41) is 58.6. The number of phosphoric acid groups is 1. The van der Waals surface area contributed by atoms with Crippen LogP contribution >= 0.6 is 7.82 Å². The van der Waals surface area contributed by atoms with E-state index in [9.17, 15) is 44.9 Å². The molecule has 1 rings (SSSR count). The summed E-state index contributed by atoms with van der Waals surface area (Å²) < 4.78 is 26.4. The SMILES string of the molecule is CCCCCCCCCCCCCCCCCCC(=O)OC[C@@H](O)COP(=O)(O)OC1C(O)C(O)C(O)[C@@H](O)C1O. The Kier molecular flexibility index (Phi) is 20.5. The quantitative estimate of drug-likeness (QED) is 0.0476.